The first-order valence-corrected chi connectivity index (χ1v) is 12.7. The lowest BCUT2D eigenvalue weighted by atomic mass is 9.96. The number of nitrogens with zero attached hydrogens (tertiary/aromatic N) is 2. The number of benzene rings is 2. The first-order chi connectivity index (χ1) is 16.4. The van der Waals surface area contributed by atoms with Crippen molar-refractivity contribution in [1.82, 2.24) is 14.8 Å². The lowest BCUT2D eigenvalue weighted by molar-refractivity contribution is -0.0125. The average molecular weight is 500 g/mol. The summed E-state index contributed by atoms with van der Waals surface area (Å²) >= 11 is 12.3. The van der Waals surface area contributed by atoms with Gasteiger partial charge in [0.1, 0.15) is 18.5 Å². The molecule has 3 atom stereocenters. The Balaban J connectivity index is 1.19. The van der Waals surface area contributed by atoms with Crippen LogP contribution in [0.5, 0.6) is 5.75 Å². The fourth-order valence-electron chi connectivity index (χ4n) is 5.18. The molecule has 2 aromatic carbocycles. The van der Waals surface area contributed by atoms with Gasteiger partial charge in [0, 0.05) is 54.9 Å². The van der Waals surface area contributed by atoms with Gasteiger partial charge in [0.2, 0.25) is 0 Å². The average Bonchev–Trinajstić information content (AvgIpc) is 3.16. The molecule has 2 N–H and O–H groups in total. The topological polar surface area (TPSA) is 51.7 Å². The van der Waals surface area contributed by atoms with Crippen molar-refractivity contribution in [2.24, 2.45) is 0 Å². The number of aromatic nitrogens is 1. The van der Waals surface area contributed by atoms with E-state index in [1.54, 1.807) is 0 Å². The molecule has 4 heterocycles. The molecule has 3 aromatic rings. The number of nitrogens with one attached hydrogen (secondary N) is 1. The van der Waals surface area contributed by atoms with Gasteiger partial charge in [-0.2, -0.15) is 0 Å². The van der Waals surface area contributed by atoms with Gasteiger partial charge in [-0.15, -0.1) is 0 Å². The number of piperazine rings is 1. The third kappa shape index (κ3) is 5.45. The first-order valence-electron chi connectivity index (χ1n) is 11.9. The number of H-pyrrole nitrogens is 1. The van der Waals surface area contributed by atoms with Gasteiger partial charge in [-0.25, -0.2) is 0 Å². The van der Waals surface area contributed by atoms with E-state index in [-0.39, 0.29) is 6.61 Å². The Morgan fingerprint density at radius 1 is 1.00 bits per heavy atom. The molecule has 0 amide bonds. The van der Waals surface area contributed by atoms with E-state index in [0.29, 0.717) is 28.7 Å². The summed E-state index contributed by atoms with van der Waals surface area (Å²) in [5.41, 5.74) is 3.40. The molecule has 0 aliphatic carbocycles. The lowest BCUT2D eigenvalue weighted by Gasteiger charge is -2.47. The second-order valence-corrected chi connectivity index (χ2v) is 10.4. The summed E-state index contributed by atoms with van der Waals surface area (Å²) in [6, 6.07) is 14.8. The highest BCUT2D eigenvalue weighted by molar-refractivity contribution is 6.42. The SMILES string of the molecule is Cc1cc2cc(OC[C@@H](O)CN3C[C@@H]4C/C=C\C[C@H]3CN4Cc3ccc(Cl)c(Cl)c3)ccc2[nH]1. The zero-order chi connectivity index (χ0) is 23.7. The van der Waals surface area contributed by atoms with Crippen molar-refractivity contribution in [3.63, 3.8) is 0 Å². The van der Waals surface area contributed by atoms with Crippen LogP contribution in [0.1, 0.15) is 24.1 Å². The van der Waals surface area contributed by atoms with Crippen LogP contribution in [-0.2, 0) is 6.54 Å². The molecular formula is C27H31Cl2N3O2. The highest BCUT2D eigenvalue weighted by atomic mass is 35.5. The van der Waals surface area contributed by atoms with Crippen molar-refractivity contribution >= 4 is 34.1 Å². The molecule has 0 saturated carbocycles. The van der Waals surface area contributed by atoms with Crippen LogP contribution in [0.25, 0.3) is 10.9 Å². The summed E-state index contributed by atoms with van der Waals surface area (Å²) in [5, 5.41) is 13.1. The Bertz CT molecular complexity index is 1180. The number of hydrogen-bond donors (Lipinski definition) is 2. The second-order valence-electron chi connectivity index (χ2n) is 9.55. The summed E-state index contributed by atoms with van der Waals surface area (Å²) in [5.74, 6) is 0.787. The smallest absolute Gasteiger partial charge is 0.120 e. The second kappa shape index (κ2) is 10.3. The molecule has 0 radical (unpaired) electrons. The highest BCUT2D eigenvalue weighted by Crippen LogP contribution is 2.28. The van der Waals surface area contributed by atoms with E-state index >= 15 is 0 Å². The molecule has 1 fully saturated rings. The van der Waals surface area contributed by atoms with Crippen LogP contribution in [0.3, 0.4) is 0 Å². The van der Waals surface area contributed by atoms with Crippen LogP contribution in [-0.4, -0.2) is 64.3 Å². The fourth-order valence-corrected chi connectivity index (χ4v) is 5.50. The zero-order valence-electron chi connectivity index (χ0n) is 19.4. The minimum absolute atomic E-state index is 0.283. The van der Waals surface area contributed by atoms with E-state index in [9.17, 15) is 5.11 Å². The van der Waals surface area contributed by atoms with E-state index in [1.807, 2.05) is 37.3 Å². The molecule has 6 rings (SSSR count). The van der Waals surface area contributed by atoms with Gasteiger partial charge in [-0.3, -0.25) is 9.80 Å². The van der Waals surface area contributed by atoms with E-state index < -0.39 is 6.10 Å². The maximum absolute atomic E-state index is 10.8. The van der Waals surface area contributed by atoms with Crippen LogP contribution in [0.2, 0.25) is 10.0 Å². The highest BCUT2D eigenvalue weighted by Gasteiger charge is 2.34. The minimum Gasteiger partial charge on any atom is -0.491 e. The van der Waals surface area contributed by atoms with Crippen molar-refractivity contribution in [3.05, 3.63) is 75.9 Å². The Morgan fingerprint density at radius 3 is 2.56 bits per heavy atom. The molecule has 180 valence electrons. The molecule has 34 heavy (non-hydrogen) atoms. The number of fused-ring (bicyclic) bond motifs is 5. The molecule has 2 bridgehead atoms. The van der Waals surface area contributed by atoms with Gasteiger partial charge < -0.3 is 14.8 Å². The predicted octanol–water partition coefficient (Wildman–Crippen LogP) is 5.43. The van der Waals surface area contributed by atoms with Gasteiger partial charge >= 0.3 is 0 Å². The Labute approximate surface area is 210 Å². The third-order valence-corrected chi connectivity index (χ3v) is 7.63. The normalized spacial score (nSPS) is 23.1. The largest absolute Gasteiger partial charge is 0.491 e. The predicted molar refractivity (Wildman–Crippen MR) is 139 cm³/mol. The van der Waals surface area contributed by atoms with Crippen LogP contribution in [0.4, 0.5) is 0 Å². The standard InChI is InChI=1S/C27H31Cl2N3O2/c1-18-10-20-12-24(7-9-27(20)30-18)34-17-23(33)16-32-15-21-4-2-3-5-22(32)14-31(21)13-19-6-8-25(28)26(29)11-19/h2-3,6-12,21-23,30,33H,4-5,13-17H2,1H3/b3-2-/t21-,22-,23-/m0/s1. The fraction of sp³-hybridized carbons (Fsp3) is 0.407. The monoisotopic (exact) mass is 499 g/mol. The number of aliphatic hydroxyl groups excluding tert-OH is 1. The molecule has 1 aromatic heterocycles. The molecule has 0 unspecified atom stereocenters. The number of aromatic amines is 1. The van der Waals surface area contributed by atoms with Gasteiger partial charge in [-0.05, 0) is 61.7 Å². The Morgan fingerprint density at radius 2 is 1.76 bits per heavy atom. The van der Waals surface area contributed by atoms with Crippen LogP contribution >= 0.6 is 23.2 Å². The maximum atomic E-state index is 10.8. The summed E-state index contributed by atoms with van der Waals surface area (Å²) in [4.78, 5) is 8.30. The number of aliphatic hydroxyl groups is 1. The number of ether oxygens (including phenoxy) is 1. The quantitative estimate of drug-likeness (QED) is 0.425. The molecule has 3 aliphatic heterocycles. The number of halogens is 2. The minimum atomic E-state index is -0.545. The van der Waals surface area contributed by atoms with E-state index in [4.69, 9.17) is 27.9 Å². The summed E-state index contributed by atoms with van der Waals surface area (Å²) in [7, 11) is 0. The van der Waals surface area contributed by atoms with Crippen molar-refractivity contribution in [2.75, 3.05) is 26.2 Å². The van der Waals surface area contributed by atoms with Crippen molar-refractivity contribution in [2.45, 2.75) is 44.5 Å². The summed E-state index contributed by atoms with van der Waals surface area (Å²) in [6.07, 6.45) is 6.04. The molecule has 0 spiro atoms. The van der Waals surface area contributed by atoms with Crippen LogP contribution in [0, 0.1) is 6.92 Å². The molecule has 5 nitrogen and oxygen atoms in total. The molecular weight excluding hydrogens is 469 g/mol. The summed E-state index contributed by atoms with van der Waals surface area (Å²) in [6.45, 7) is 5.69. The van der Waals surface area contributed by atoms with E-state index in [1.165, 1.54) is 5.56 Å². The zero-order valence-corrected chi connectivity index (χ0v) is 20.9. The number of aryl methyl sites for hydroxylation is 1. The van der Waals surface area contributed by atoms with Gasteiger partial charge in [0.05, 0.1) is 10.0 Å². The first kappa shape index (κ1) is 23.7. The Kier molecular flexibility index (Phi) is 7.19. The van der Waals surface area contributed by atoms with Crippen molar-refractivity contribution < 1.29 is 9.84 Å². The van der Waals surface area contributed by atoms with Gasteiger partial charge in [-0.1, -0.05) is 41.4 Å². The van der Waals surface area contributed by atoms with E-state index in [2.05, 4.69) is 39.1 Å². The van der Waals surface area contributed by atoms with Crippen molar-refractivity contribution in [3.8, 4) is 5.75 Å². The van der Waals surface area contributed by atoms with Crippen molar-refractivity contribution in [1.29, 1.82) is 0 Å². The molecule has 7 heteroatoms. The summed E-state index contributed by atoms with van der Waals surface area (Å²) < 4.78 is 5.95. The van der Waals surface area contributed by atoms with Crippen LogP contribution in [0.15, 0.2) is 54.6 Å². The van der Waals surface area contributed by atoms with Crippen LogP contribution < -0.4 is 4.74 Å². The molecule has 3 aliphatic rings. The van der Waals surface area contributed by atoms with Gasteiger partial charge in [0.25, 0.3) is 0 Å². The molecule has 1 saturated heterocycles. The lowest BCUT2D eigenvalue weighted by Crippen LogP contribution is -2.59. The Hall–Kier alpha value is -2.02. The van der Waals surface area contributed by atoms with Gasteiger partial charge in [0.15, 0.2) is 0 Å². The number of rotatable bonds is 7. The number of hydrogen-bond acceptors (Lipinski definition) is 4. The third-order valence-electron chi connectivity index (χ3n) is 6.89. The van der Waals surface area contributed by atoms with E-state index in [0.717, 1.165) is 54.8 Å². The maximum Gasteiger partial charge on any atom is 0.120 e.